The Balaban J connectivity index is 0.000000980. The molecule has 0 unspecified atom stereocenters. The standard InChI is InChI=1S/C12H11As.ClH/c1-3-7-11(8-4-1)13-12-9-5-2-6-10-12;/h1-10,13H;1H. The van der Waals surface area contributed by atoms with E-state index in [-0.39, 0.29) is 28.2 Å². The monoisotopic (exact) mass is 266 g/mol. The van der Waals surface area contributed by atoms with Crippen LogP contribution in [0.3, 0.4) is 0 Å². The van der Waals surface area contributed by atoms with Crippen LogP contribution in [0.4, 0.5) is 0 Å². The van der Waals surface area contributed by atoms with E-state index in [9.17, 15) is 0 Å². The van der Waals surface area contributed by atoms with E-state index in [2.05, 4.69) is 60.7 Å². The normalized spacial score (nSPS) is 9.14. The van der Waals surface area contributed by atoms with Gasteiger partial charge in [-0.1, -0.05) is 0 Å². The van der Waals surface area contributed by atoms with Gasteiger partial charge in [-0.15, -0.1) is 12.4 Å². The number of benzene rings is 2. The molecule has 0 spiro atoms. The molecule has 0 heterocycles. The molecule has 0 aliphatic heterocycles. The number of rotatable bonds is 2. The van der Waals surface area contributed by atoms with Crippen molar-refractivity contribution in [1.29, 1.82) is 0 Å². The molecule has 2 rings (SSSR count). The summed E-state index contributed by atoms with van der Waals surface area (Å²) in [5.74, 6) is 0. The Kier molecular flexibility index (Phi) is 4.79. The summed E-state index contributed by atoms with van der Waals surface area (Å²) >= 11 is -0.108. The quantitative estimate of drug-likeness (QED) is 0.723. The fourth-order valence-electron chi connectivity index (χ4n) is 1.21. The van der Waals surface area contributed by atoms with Gasteiger partial charge in [-0.2, -0.15) is 0 Å². The van der Waals surface area contributed by atoms with Crippen molar-refractivity contribution in [3.8, 4) is 0 Å². The predicted molar refractivity (Wildman–Crippen MR) is 66.5 cm³/mol. The van der Waals surface area contributed by atoms with Crippen molar-refractivity contribution in [3.05, 3.63) is 60.7 Å². The van der Waals surface area contributed by atoms with Gasteiger partial charge in [-0.25, -0.2) is 0 Å². The van der Waals surface area contributed by atoms with E-state index in [1.54, 1.807) is 0 Å². The minimum absolute atomic E-state index is 0. The zero-order valence-corrected chi connectivity index (χ0v) is 10.6. The van der Waals surface area contributed by atoms with E-state index in [1.165, 1.54) is 8.70 Å². The van der Waals surface area contributed by atoms with Crippen molar-refractivity contribution in [2.24, 2.45) is 0 Å². The van der Waals surface area contributed by atoms with Gasteiger partial charge in [-0.3, -0.25) is 0 Å². The van der Waals surface area contributed by atoms with E-state index in [0.717, 1.165) is 0 Å². The summed E-state index contributed by atoms with van der Waals surface area (Å²) in [6.07, 6.45) is 0. The summed E-state index contributed by atoms with van der Waals surface area (Å²) < 4.78 is 2.99. The van der Waals surface area contributed by atoms with E-state index < -0.39 is 0 Å². The Hall–Kier alpha value is -0.712. The van der Waals surface area contributed by atoms with Crippen LogP contribution in [0.2, 0.25) is 0 Å². The Bertz CT molecular complexity index is 321. The van der Waals surface area contributed by atoms with Crippen LogP contribution in [-0.4, -0.2) is 15.8 Å². The van der Waals surface area contributed by atoms with Gasteiger partial charge in [0.1, 0.15) is 0 Å². The van der Waals surface area contributed by atoms with Crippen molar-refractivity contribution in [2.75, 3.05) is 0 Å². The summed E-state index contributed by atoms with van der Waals surface area (Å²) in [6, 6.07) is 21.5. The summed E-state index contributed by atoms with van der Waals surface area (Å²) in [7, 11) is 0. The van der Waals surface area contributed by atoms with Crippen molar-refractivity contribution >= 4 is 36.9 Å². The topological polar surface area (TPSA) is 0 Å². The maximum atomic E-state index is 2.22. The van der Waals surface area contributed by atoms with Crippen LogP contribution in [0.1, 0.15) is 0 Å². The third-order valence-corrected chi connectivity index (χ3v) is 4.45. The van der Waals surface area contributed by atoms with Gasteiger partial charge >= 0.3 is 85.1 Å². The van der Waals surface area contributed by atoms with Crippen molar-refractivity contribution in [2.45, 2.75) is 0 Å². The molecule has 0 atom stereocenters. The molecule has 0 aliphatic rings. The summed E-state index contributed by atoms with van der Waals surface area (Å²) in [4.78, 5) is 0. The van der Waals surface area contributed by atoms with Crippen molar-refractivity contribution < 1.29 is 0 Å². The van der Waals surface area contributed by atoms with Crippen LogP contribution in [0.25, 0.3) is 0 Å². The fraction of sp³-hybridized carbons (Fsp3) is 0. The second kappa shape index (κ2) is 5.90. The molecule has 2 aromatic carbocycles. The Labute approximate surface area is 97.5 Å². The van der Waals surface area contributed by atoms with Crippen molar-refractivity contribution in [3.63, 3.8) is 0 Å². The molecule has 0 aliphatic carbocycles. The molecule has 0 saturated carbocycles. The third kappa shape index (κ3) is 3.21. The minimum atomic E-state index is -0.108. The van der Waals surface area contributed by atoms with E-state index >= 15 is 0 Å². The molecule has 0 saturated heterocycles. The van der Waals surface area contributed by atoms with Gasteiger partial charge in [0.25, 0.3) is 0 Å². The van der Waals surface area contributed by atoms with Crippen LogP contribution >= 0.6 is 12.4 Å². The molecule has 2 aromatic rings. The first-order valence-corrected chi connectivity index (χ1v) is 6.42. The molecule has 2 heteroatoms. The van der Waals surface area contributed by atoms with E-state index in [4.69, 9.17) is 0 Å². The molecule has 0 N–H and O–H groups in total. The molecule has 0 aromatic heterocycles. The second-order valence-corrected chi connectivity index (χ2v) is 5.80. The van der Waals surface area contributed by atoms with Gasteiger partial charge in [0.15, 0.2) is 0 Å². The van der Waals surface area contributed by atoms with Gasteiger partial charge in [0.2, 0.25) is 0 Å². The average molecular weight is 267 g/mol. The fourth-order valence-corrected chi connectivity index (χ4v) is 3.42. The molecular weight excluding hydrogens is 255 g/mol. The first-order valence-electron chi connectivity index (χ1n) is 4.32. The van der Waals surface area contributed by atoms with Gasteiger partial charge in [0, 0.05) is 0 Å². The van der Waals surface area contributed by atoms with Crippen molar-refractivity contribution in [1.82, 2.24) is 0 Å². The first kappa shape index (κ1) is 11.4. The SMILES string of the molecule is Cl.c1ccc([AsH]c2ccccc2)cc1. The van der Waals surface area contributed by atoms with Crippen LogP contribution in [0, 0.1) is 0 Å². The van der Waals surface area contributed by atoms with E-state index in [0.29, 0.717) is 0 Å². The Morgan fingerprint density at radius 2 is 0.929 bits per heavy atom. The first-order chi connectivity index (χ1) is 6.45. The zero-order valence-electron chi connectivity index (χ0n) is 7.68. The number of hydrogen-bond donors (Lipinski definition) is 0. The molecule has 14 heavy (non-hydrogen) atoms. The molecule has 0 nitrogen and oxygen atoms in total. The molecule has 0 fully saturated rings. The summed E-state index contributed by atoms with van der Waals surface area (Å²) in [6.45, 7) is 0. The van der Waals surface area contributed by atoms with Gasteiger partial charge in [0.05, 0.1) is 0 Å². The zero-order chi connectivity index (χ0) is 8.93. The Morgan fingerprint density at radius 3 is 1.29 bits per heavy atom. The molecule has 72 valence electrons. The molecular formula is C12H12AsCl. The second-order valence-electron chi connectivity index (χ2n) is 2.86. The maximum absolute atomic E-state index is 2.22. The summed E-state index contributed by atoms with van der Waals surface area (Å²) in [5.41, 5.74) is 0. The van der Waals surface area contributed by atoms with Crippen LogP contribution in [-0.2, 0) is 0 Å². The molecule has 0 bridgehead atoms. The van der Waals surface area contributed by atoms with Crippen LogP contribution in [0.5, 0.6) is 0 Å². The number of hydrogen-bond acceptors (Lipinski definition) is 0. The molecule has 0 amide bonds. The molecule has 0 radical (unpaired) electrons. The van der Waals surface area contributed by atoms with Crippen LogP contribution < -0.4 is 8.70 Å². The van der Waals surface area contributed by atoms with E-state index in [1.807, 2.05) is 0 Å². The number of halogens is 1. The predicted octanol–water partition coefficient (Wildman–Crippen LogP) is 1.50. The van der Waals surface area contributed by atoms with Gasteiger partial charge in [-0.05, 0) is 0 Å². The third-order valence-electron chi connectivity index (χ3n) is 1.84. The average Bonchev–Trinajstić information content (AvgIpc) is 2.21. The Morgan fingerprint density at radius 1 is 0.571 bits per heavy atom. The van der Waals surface area contributed by atoms with Gasteiger partial charge < -0.3 is 0 Å². The van der Waals surface area contributed by atoms with Crippen LogP contribution in [0.15, 0.2) is 60.7 Å². The summed E-state index contributed by atoms with van der Waals surface area (Å²) in [5, 5.41) is 0.